The van der Waals surface area contributed by atoms with Crippen molar-refractivity contribution in [3.8, 4) is 0 Å². The second kappa shape index (κ2) is 3.29. The minimum absolute atomic E-state index is 0.0690. The fourth-order valence-electron chi connectivity index (χ4n) is 2.20. The number of carbonyl (C=O) groups excluding carboxylic acids is 1. The molecule has 1 rings (SSSR count). The second-order valence-corrected chi connectivity index (χ2v) is 4.88. The fraction of sp³-hybridized carbons (Fsp3) is 0.900. The van der Waals surface area contributed by atoms with Crippen LogP contribution in [0.4, 0.5) is 0 Å². The van der Waals surface area contributed by atoms with Gasteiger partial charge in [-0.3, -0.25) is 4.79 Å². The summed E-state index contributed by atoms with van der Waals surface area (Å²) in [6, 6.07) is 0.289. The second-order valence-electron chi connectivity index (χ2n) is 4.88. The van der Waals surface area contributed by atoms with Crippen LogP contribution in [0, 0.1) is 5.92 Å². The number of likely N-dealkylation sites (tertiary alicyclic amines) is 1. The van der Waals surface area contributed by atoms with Gasteiger partial charge in [-0.25, -0.2) is 0 Å². The number of rotatable bonds is 1. The van der Waals surface area contributed by atoms with E-state index in [9.17, 15) is 4.79 Å². The van der Waals surface area contributed by atoms with E-state index in [4.69, 9.17) is 5.73 Å². The maximum atomic E-state index is 11.7. The Balaban J connectivity index is 2.82. The van der Waals surface area contributed by atoms with Crippen LogP contribution in [0.25, 0.3) is 0 Å². The molecule has 0 spiro atoms. The van der Waals surface area contributed by atoms with Crippen molar-refractivity contribution in [1.29, 1.82) is 0 Å². The first kappa shape index (κ1) is 10.5. The lowest BCUT2D eigenvalue weighted by Crippen LogP contribution is -2.47. The molecule has 1 fully saturated rings. The molecule has 1 aliphatic heterocycles. The third-order valence-corrected chi connectivity index (χ3v) is 2.82. The number of amides is 1. The SMILES string of the molecule is CC1C(CN)CC(=O)N1C(C)(C)C. The van der Waals surface area contributed by atoms with E-state index in [1.54, 1.807) is 0 Å². The highest BCUT2D eigenvalue weighted by molar-refractivity contribution is 5.80. The van der Waals surface area contributed by atoms with Gasteiger partial charge in [0, 0.05) is 23.9 Å². The summed E-state index contributed by atoms with van der Waals surface area (Å²) in [5.74, 6) is 0.585. The van der Waals surface area contributed by atoms with Gasteiger partial charge in [-0.1, -0.05) is 0 Å². The molecule has 2 N–H and O–H groups in total. The Bertz CT molecular complexity index is 207. The lowest BCUT2D eigenvalue weighted by Gasteiger charge is -2.36. The summed E-state index contributed by atoms with van der Waals surface area (Å²) < 4.78 is 0. The topological polar surface area (TPSA) is 46.3 Å². The highest BCUT2D eigenvalue weighted by Crippen LogP contribution is 2.30. The van der Waals surface area contributed by atoms with E-state index in [0.29, 0.717) is 18.9 Å². The predicted molar refractivity (Wildman–Crippen MR) is 53.2 cm³/mol. The van der Waals surface area contributed by atoms with Crippen LogP contribution in [0.1, 0.15) is 34.1 Å². The van der Waals surface area contributed by atoms with Crippen LogP contribution in [-0.2, 0) is 4.79 Å². The van der Waals surface area contributed by atoms with Gasteiger partial charge in [0.1, 0.15) is 0 Å². The highest BCUT2D eigenvalue weighted by Gasteiger charge is 2.41. The zero-order valence-corrected chi connectivity index (χ0v) is 9.00. The van der Waals surface area contributed by atoms with Gasteiger partial charge in [-0.2, -0.15) is 0 Å². The van der Waals surface area contributed by atoms with Gasteiger partial charge in [-0.05, 0) is 34.2 Å². The summed E-state index contributed by atoms with van der Waals surface area (Å²) in [5.41, 5.74) is 5.54. The molecule has 0 aromatic heterocycles. The van der Waals surface area contributed by atoms with E-state index < -0.39 is 0 Å². The van der Waals surface area contributed by atoms with Gasteiger partial charge >= 0.3 is 0 Å². The van der Waals surface area contributed by atoms with E-state index in [0.717, 1.165) is 0 Å². The molecule has 2 unspecified atom stereocenters. The third kappa shape index (κ3) is 1.85. The Morgan fingerprint density at radius 1 is 1.54 bits per heavy atom. The van der Waals surface area contributed by atoms with Crippen molar-refractivity contribution in [2.24, 2.45) is 11.7 Å². The lowest BCUT2D eigenvalue weighted by atomic mass is 10.00. The van der Waals surface area contributed by atoms with Crippen LogP contribution in [0.15, 0.2) is 0 Å². The Hall–Kier alpha value is -0.570. The van der Waals surface area contributed by atoms with Crippen molar-refractivity contribution in [2.75, 3.05) is 6.54 Å². The summed E-state index contributed by atoms with van der Waals surface area (Å²) in [6.07, 6.45) is 0.620. The largest absolute Gasteiger partial charge is 0.335 e. The Morgan fingerprint density at radius 2 is 2.08 bits per heavy atom. The number of carbonyl (C=O) groups is 1. The van der Waals surface area contributed by atoms with Crippen molar-refractivity contribution in [2.45, 2.75) is 45.7 Å². The minimum atomic E-state index is -0.0690. The van der Waals surface area contributed by atoms with Crippen molar-refractivity contribution >= 4 is 5.91 Å². The smallest absolute Gasteiger partial charge is 0.223 e. The van der Waals surface area contributed by atoms with Crippen LogP contribution < -0.4 is 5.73 Å². The predicted octanol–water partition coefficient (Wildman–Crippen LogP) is 0.981. The molecule has 2 atom stereocenters. The van der Waals surface area contributed by atoms with Gasteiger partial charge < -0.3 is 10.6 Å². The molecule has 0 aliphatic carbocycles. The number of hydrogen-bond donors (Lipinski definition) is 1. The quantitative estimate of drug-likeness (QED) is 0.660. The first-order valence-corrected chi connectivity index (χ1v) is 4.90. The number of nitrogens with two attached hydrogens (primary N) is 1. The summed E-state index contributed by atoms with van der Waals surface area (Å²) in [5, 5.41) is 0. The summed E-state index contributed by atoms with van der Waals surface area (Å²) >= 11 is 0. The number of hydrogen-bond acceptors (Lipinski definition) is 2. The van der Waals surface area contributed by atoms with Crippen molar-refractivity contribution in [3.63, 3.8) is 0 Å². The van der Waals surface area contributed by atoms with E-state index in [2.05, 4.69) is 27.7 Å². The molecule has 1 heterocycles. The summed E-state index contributed by atoms with van der Waals surface area (Å²) in [4.78, 5) is 13.6. The zero-order chi connectivity index (χ0) is 10.2. The molecule has 0 bridgehead atoms. The third-order valence-electron chi connectivity index (χ3n) is 2.82. The first-order chi connectivity index (χ1) is 5.88. The number of nitrogens with zero attached hydrogens (tertiary/aromatic N) is 1. The molecular weight excluding hydrogens is 164 g/mol. The van der Waals surface area contributed by atoms with Gasteiger partial charge in [0.25, 0.3) is 0 Å². The molecular formula is C10H20N2O. The first-order valence-electron chi connectivity index (χ1n) is 4.90. The van der Waals surface area contributed by atoms with E-state index >= 15 is 0 Å². The van der Waals surface area contributed by atoms with Crippen LogP contribution in [0.3, 0.4) is 0 Å². The van der Waals surface area contributed by atoms with Crippen LogP contribution in [-0.4, -0.2) is 28.9 Å². The van der Waals surface area contributed by atoms with Crippen molar-refractivity contribution in [1.82, 2.24) is 4.90 Å². The molecule has 3 nitrogen and oxygen atoms in total. The Morgan fingerprint density at radius 3 is 2.31 bits per heavy atom. The van der Waals surface area contributed by atoms with Gasteiger partial charge in [0.05, 0.1) is 0 Å². The lowest BCUT2D eigenvalue weighted by molar-refractivity contribution is -0.133. The molecule has 1 amide bonds. The van der Waals surface area contributed by atoms with E-state index in [-0.39, 0.29) is 17.5 Å². The maximum Gasteiger partial charge on any atom is 0.223 e. The monoisotopic (exact) mass is 184 g/mol. The molecule has 1 saturated heterocycles. The Kier molecular flexibility index (Phi) is 2.66. The normalized spacial score (nSPS) is 29.9. The molecule has 1 aliphatic rings. The van der Waals surface area contributed by atoms with Gasteiger partial charge in [0.2, 0.25) is 5.91 Å². The zero-order valence-electron chi connectivity index (χ0n) is 9.00. The van der Waals surface area contributed by atoms with Crippen molar-refractivity contribution in [3.05, 3.63) is 0 Å². The van der Waals surface area contributed by atoms with Crippen LogP contribution in [0.5, 0.6) is 0 Å². The summed E-state index contributed by atoms with van der Waals surface area (Å²) in [6.45, 7) is 8.91. The van der Waals surface area contributed by atoms with Crippen molar-refractivity contribution < 1.29 is 4.79 Å². The molecule has 0 radical (unpaired) electrons. The molecule has 0 aromatic rings. The Labute approximate surface area is 80.3 Å². The van der Waals surface area contributed by atoms with Gasteiger partial charge in [-0.15, -0.1) is 0 Å². The minimum Gasteiger partial charge on any atom is -0.335 e. The average molecular weight is 184 g/mol. The van der Waals surface area contributed by atoms with Crippen LogP contribution >= 0.6 is 0 Å². The molecule has 3 heteroatoms. The molecule has 13 heavy (non-hydrogen) atoms. The van der Waals surface area contributed by atoms with E-state index in [1.165, 1.54) is 0 Å². The van der Waals surface area contributed by atoms with E-state index in [1.807, 2.05) is 4.90 Å². The van der Waals surface area contributed by atoms with Crippen LogP contribution in [0.2, 0.25) is 0 Å². The van der Waals surface area contributed by atoms with Gasteiger partial charge in [0.15, 0.2) is 0 Å². The highest BCUT2D eigenvalue weighted by atomic mass is 16.2. The molecule has 0 saturated carbocycles. The standard InChI is InChI=1S/C10H20N2O/c1-7-8(6-11)5-9(13)12(7)10(2,3)4/h7-8H,5-6,11H2,1-4H3. The maximum absolute atomic E-state index is 11.7. The summed E-state index contributed by atoms with van der Waals surface area (Å²) in [7, 11) is 0. The molecule has 76 valence electrons. The average Bonchev–Trinajstić information content (AvgIpc) is 2.24. The fourth-order valence-corrected chi connectivity index (χ4v) is 2.20. The molecule has 0 aromatic carbocycles.